The molecule has 0 bridgehead atoms. The summed E-state index contributed by atoms with van der Waals surface area (Å²) in [6.45, 7) is 3.45. The minimum absolute atomic E-state index is 0.325. The van der Waals surface area contributed by atoms with Gasteiger partial charge in [0.05, 0.1) is 14.2 Å². The number of amides is 1. The molecule has 0 aliphatic rings. The molecule has 1 amide bonds. The maximum atomic E-state index is 12.4. The van der Waals surface area contributed by atoms with Crippen LogP contribution in [0.2, 0.25) is 0 Å². The Morgan fingerprint density at radius 3 is 2.33 bits per heavy atom. The maximum Gasteiger partial charge on any atom is 0.259 e. The molecule has 2 aromatic rings. The summed E-state index contributed by atoms with van der Waals surface area (Å²) in [4.78, 5) is 12.4. The van der Waals surface area contributed by atoms with Gasteiger partial charge in [-0.05, 0) is 19.1 Å². The third-order valence-corrected chi connectivity index (χ3v) is 2.91. The molecule has 7 heteroatoms. The maximum absolute atomic E-state index is 12.4. The SMILES string of the molecule is COc1cccc(OC)c1C(=O)N[C@@H](C)c1nnc(C)o1. The minimum atomic E-state index is -0.423. The Labute approximate surface area is 122 Å². The van der Waals surface area contributed by atoms with Crippen molar-refractivity contribution in [2.24, 2.45) is 0 Å². The molecule has 0 aliphatic carbocycles. The van der Waals surface area contributed by atoms with Gasteiger partial charge in [0.25, 0.3) is 5.91 Å². The second kappa shape index (κ2) is 6.25. The van der Waals surface area contributed by atoms with Crippen molar-refractivity contribution in [1.82, 2.24) is 15.5 Å². The summed E-state index contributed by atoms with van der Waals surface area (Å²) in [6.07, 6.45) is 0. The number of aromatic nitrogens is 2. The molecule has 7 nitrogen and oxygen atoms in total. The van der Waals surface area contributed by atoms with E-state index in [4.69, 9.17) is 13.9 Å². The molecule has 0 radical (unpaired) electrons. The zero-order chi connectivity index (χ0) is 15.4. The number of hydrogen-bond acceptors (Lipinski definition) is 6. The second-order valence-corrected chi connectivity index (χ2v) is 4.39. The zero-order valence-electron chi connectivity index (χ0n) is 12.3. The van der Waals surface area contributed by atoms with Crippen LogP contribution in [0.1, 0.15) is 35.1 Å². The number of methoxy groups -OCH3 is 2. The van der Waals surface area contributed by atoms with Crippen LogP contribution in [0.3, 0.4) is 0 Å². The molecule has 1 atom stereocenters. The Morgan fingerprint density at radius 2 is 1.86 bits per heavy atom. The molecule has 0 spiro atoms. The van der Waals surface area contributed by atoms with Crippen molar-refractivity contribution in [2.75, 3.05) is 14.2 Å². The van der Waals surface area contributed by atoms with Crippen molar-refractivity contribution in [2.45, 2.75) is 19.9 Å². The lowest BCUT2D eigenvalue weighted by Gasteiger charge is -2.15. The van der Waals surface area contributed by atoms with Crippen LogP contribution < -0.4 is 14.8 Å². The summed E-state index contributed by atoms with van der Waals surface area (Å²) in [5.41, 5.74) is 0.325. The highest BCUT2D eigenvalue weighted by Gasteiger charge is 2.22. The number of rotatable bonds is 5. The Kier molecular flexibility index (Phi) is 4.42. The van der Waals surface area contributed by atoms with Crippen LogP contribution in [0.15, 0.2) is 22.6 Å². The molecule has 1 heterocycles. The lowest BCUT2D eigenvalue weighted by molar-refractivity contribution is 0.0927. The largest absolute Gasteiger partial charge is 0.496 e. The quantitative estimate of drug-likeness (QED) is 0.905. The van der Waals surface area contributed by atoms with Crippen LogP contribution in [0.25, 0.3) is 0 Å². The van der Waals surface area contributed by atoms with Gasteiger partial charge in [-0.2, -0.15) is 0 Å². The van der Waals surface area contributed by atoms with Crippen molar-refractivity contribution < 1.29 is 18.7 Å². The van der Waals surface area contributed by atoms with E-state index < -0.39 is 6.04 Å². The Hall–Kier alpha value is -2.57. The molecular weight excluding hydrogens is 274 g/mol. The Morgan fingerprint density at radius 1 is 1.24 bits per heavy atom. The van der Waals surface area contributed by atoms with Crippen LogP contribution in [0, 0.1) is 6.92 Å². The molecule has 0 fully saturated rings. The molecule has 0 saturated carbocycles. The minimum Gasteiger partial charge on any atom is -0.496 e. The zero-order valence-corrected chi connectivity index (χ0v) is 12.3. The number of carbonyl (C=O) groups excluding carboxylic acids is 1. The van der Waals surface area contributed by atoms with Crippen molar-refractivity contribution in [3.05, 3.63) is 35.5 Å². The normalized spacial score (nSPS) is 11.8. The molecule has 0 saturated heterocycles. The topological polar surface area (TPSA) is 86.5 Å². The fourth-order valence-electron chi connectivity index (χ4n) is 1.89. The van der Waals surface area contributed by atoms with Crippen LogP contribution in [0.4, 0.5) is 0 Å². The van der Waals surface area contributed by atoms with Gasteiger partial charge in [0.2, 0.25) is 11.8 Å². The predicted octanol–water partition coefficient (Wildman–Crippen LogP) is 1.89. The van der Waals surface area contributed by atoms with E-state index in [1.807, 2.05) is 0 Å². The molecule has 1 aromatic heterocycles. The number of ether oxygens (including phenoxy) is 2. The Bertz CT molecular complexity index is 617. The fraction of sp³-hybridized carbons (Fsp3) is 0.357. The number of benzene rings is 1. The molecule has 1 N–H and O–H groups in total. The average molecular weight is 291 g/mol. The number of aryl methyl sites for hydroxylation is 1. The molecular formula is C14H17N3O4. The van der Waals surface area contributed by atoms with E-state index in [1.54, 1.807) is 32.0 Å². The van der Waals surface area contributed by atoms with Gasteiger partial charge in [-0.3, -0.25) is 4.79 Å². The highest BCUT2D eigenvalue weighted by Crippen LogP contribution is 2.28. The van der Waals surface area contributed by atoms with Gasteiger partial charge in [-0.15, -0.1) is 10.2 Å². The van der Waals surface area contributed by atoms with Crippen LogP contribution >= 0.6 is 0 Å². The molecule has 0 aliphatic heterocycles. The summed E-state index contributed by atoms with van der Waals surface area (Å²) >= 11 is 0. The van der Waals surface area contributed by atoms with Crippen molar-refractivity contribution in [1.29, 1.82) is 0 Å². The van der Waals surface area contributed by atoms with Crippen molar-refractivity contribution >= 4 is 5.91 Å². The summed E-state index contributed by atoms with van der Waals surface area (Å²) in [6, 6.07) is 4.71. The van der Waals surface area contributed by atoms with Gasteiger partial charge >= 0.3 is 0 Å². The molecule has 112 valence electrons. The van der Waals surface area contributed by atoms with Gasteiger partial charge in [-0.1, -0.05) is 6.07 Å². The third-order valence-electron chi connectivity index (χ3n) is 2.91. The lowest BCUT2D eigenvalue weighted by atomic mass is 10.1. The van der Waals surface area contributed by atoms with Crippen molar-refractivity contribution in [3.8, 4) is 11.5 Å². The van der Waals surface area contributed by atoms with Gasteiger partial charge < -0.3 is 19.2 Å². The van der Waals surface area contributed by atoms with E-state index in [9.17, 15) is 4.79 Å². The number of nitrogens with one attached hydrogen (secondary N) is 1. The second-order valence-electron chi connectivity index (χ2n) is 4.39. The van der Waals surface area contributed by atoms with Crippen molar-refractivity contribution in [3.63, 3.8) is 0 Å². The van der Waals surface area contributed by atoms with Gasteiger partial charge in [0.1, 0.15) is 23.1 Å². The first-order chi connectivity index (χ1) is 10.1. The summed E-state index contributed by atoms with van der Waals surface area (Å²) in [7, 11) is 2.99. The molecule has 21 heavy (non-hydrogen) atoms. The predicted molar refractivity (Wildman–Crippen MR) is 74.5 cm³/mol. The monoisotopic (exact) mass is 291 g/mol. The smallest absolute Gasteiger partial charge is 0.259 e. The van der Waals surface area contributed by atoms with Crippen LogP contribution in [-0.4, -0.2) is 30.3 Å². The standard InChI is InChI=1S/C14H17N3O4/c1-8(14-17-16-9(2)21-14)15-13(18)12-10(19-3)6-5-7-11(12)20-4/h5-8H,1-4H3,(H,15,18)/t8-/m0/s1. The number of nitrogens with zero attached hydrogens (tertiary/aromatic N) is 2. The first-order valence-corrected chi connectivity index (χ1v) is 6.38. The van der Waals surface area contributed by atoms with E-state index in [-0.39, 0.29) is 5.91 Å². The van der Waals surface area contributed by atoms with E-state index in [0.717, 1.165) is 0 Å². The summed E-state index contributed by atoms with van der Waals surface area (Å²) in [5.74, 6) is 1.31. The van der Waals surface area contributed by atoms with E-state index in [2.05, 4.69) is 15.5 Å². The summed E-state index contributed by atoms with van der Waals surface area (Å²) in [5, 5.41) is 10.4. The lowest BCUT2D eigenvalue weighted by Crippen LogP contribution is -2.27. The van der Waals surface area contributed by atoms with Gasteiger partial charge in [0.15, 0.2) is 0 Å². The first kappa shape index (κ1) is 14.8. The highest BCUT2D eigenvalue weighted by molar-refractivity contribution is 5.99. The van der Waals surface area contributed by atoms with Gasteiger partial charge in [-0.25, -0.2) is 0 Å². The van der Waals surface area contributed by atoms with Crippen LogP contribution in [-0.2, 0) is 0 Å². The Balaban J connectivity index is 2.24. The first-order valence-electron chi connectivity index (χ1n) is 6.38. The third kappa shape index (κ3) is 3.13. The van der Waals surface area contributed by atoms with Crippen LogP contribution in [0.5, 0.6) is 11.5 Å². The highest BCUT2D eigenvalue weighted by atomic mass is 16.5. The summed E-state index contributed by atoms with van der Waals surface area (Å²) < 4.78 is 15.7. The van der Waals surface area contributed by atoms with E-state index in [1.165, 1.54) is 14.2 Å². The molecule has 1 aromatic carbocycles. The number of carbonyl (C=O) groups is 1. The fourth-order valence-corrected chi connectivity index (χ4v) is 1.89. The van der Waals surface area contributed by atoms with E-state index >= 15 is 0 Å². The molecule has 0 unspecified atom stereocenters. The van der Waals surface area contributed by atoms with Gasteiger partial charge in [0, 0.05) is 6.92 Å². The number of hydrogen-bond donors (Lipinski definition) is 1. The molecule has 2 rings (SSSR count). The average Bonchev–Trinajstić information content (AvgIpc) is 2.92. The van der Waals surface area contributed by atoms with E-state index in [0.29, 0.717) is 28.8 Å².